The van der Waals surface area contributed by atoms with Gasteiger partial charge in [-0.2, -0.15) is 0 Å². The maximum atomic E-state index is 3.43. The minimum absolute atomic E-state index is 1.06. The summed E-state index contributed by atoms with van der Waals surface area (Å²) in [6.45, 7) is 1.06. The molecule has 1 aliphatic heterocycles. The van der Waals surface area contributed by atoms with Crippen LogP contribution in [0.1, 0.15) is 5.56 Å². The van der Waals surface area contributed by atoms with E-state index in [1.807, 2.05) is 12.1 Å². The second-order valence-corrected chi connectivity index (χ2v) is 4.69. The first-order valence-electron chi connectivity index (χ1n) is 6.26. The van der Waals surface area contributed by atoms with Crippen molar-refractivity contribution >= 4 is 16.6 Å². The van der Waals surface area contributed by atoms with Crippen LogP contribution >= 0.6 is 0 Å². The van der Waals surface area contributed by atoms with E-state index >= 15 is 0 Å². The smallest absolute Gasteiger partial charge is 0.0528 e. The Morgan fingerprint density at radius 3 is 3.17 bits per heavy atom. The summed E-state index contributed by atoms with van der Waals surface area (Å²) in [6, 6.07) is 18.0. The first kappa shape index (κ1) is 9.77. The summed E-state index contributed by atoms with van der Waals surface area (Å²) in [6.07, 6.45) is 3.26. The van der Waals surface area contributed by atoms with Crippen molar-refractivity contribution < 1.29 is 0 Å². The van der Waals surface area contributed by atoms with Gasteiger partial charge in [0, 0.05) is 29.5 Å². The molecule has 87 valence electrons. The number of benzene rings is 2. The van der Waals surface area contributed by atoms with E-state index in [1.54, 1.807) is 0 Å². The van der Waals surface area contributed by atoms with Crippen molar-refractivity contribution in [2.75, 3.05) is 11.9 Å². The highest BCUT2D eigenvalue weighted by molar-refractivity contribution is 5.82. The fourth-order valence-corrected chi connectivity index (χ4v) is 2.68. The number of hydrogen-bond acceptors (Lipinski definition) is 1. The highest BCUT2D eigenvalue weighted by atomic mass is 15.0. The first-order valence-corrected chi connectivity index (χ1v) is 6.26. The van der Waals surface area contributed by atoms with Gasteiger partial charge >= 0.3 is 0 Å². The molecule has 2 heterocycles. The lowest BCUT2D eigenvalue weighted by atomic mass is 10.1. The topological polar surface area (TPSA) is 17.0 Å². The van der Waals surface area contributed by atoms with Crippen molar-refractivity contribution in [3.05, 3.63) is 60.3 Å². The minimum atomic E-state index is 1.06. The number of rotatable bonds is 1. The van der Waals surface area contributed by atoms with Crippen LogP contribution in [0.15, 0.2) is 48.7 Å². The molecule has 1 N–H and O–H groups in total. The Kier molecular flexibility index (Phi) is 1.97. The molecule has 1 aliphatic rings. The second kappa shape index (κ2) is 3.64. The number of aromatic nitrogens is 1. The SMILES string of the molecule is [c]1ccc2c(c1)ccn2-c1ccc2c(c1)NCC2. The van der Waals surface area contributed by atoms with E-state index in [2.05, 4.69) is 52.5 Å². The molecule has 3 aromatic rings. The molecular formula is C16H13N2. The van der Waals surface area contributed by atoms with Crippen molar-refractivity contribution in [1.29, 1.82) is 0 Å². The standard InChI is InChI=1S/C16H13N2/c1-2-4-16-13(3-1)8-10-18(16)14-6-5-12-7-9-17-15(12)11-14/h2-6,8,10-11,17H,7,9H2. The van der Waals surface area contributed by atoms with Gasteiger partial charge in [0.2, 0.25) is 0 Å². The first-order chi connectivity index (χ1) is 8.92. The molecule has 0 unspecified atom stereocenters. The maximum Gasteiger partial charge on any atom is 0.0528 e. The Morgan fingerprint density at radius 1 is 1.17 bits per heavy atom. The Bertz CT molecular complexity index is 725. The molecule has 0 spiro atoms. The summed E-state index contributed by atoms with van der Waals surface area (Å²) in [4.78, 5) is 0. The number of nitrogens with zero attached hydrogens (tertiary/aromatic N) is 1. The van der Waals surface area contributed by atoms with Gasteiger partial charge in [0.1, 0.15) is 0 Å². The van der Waals surface area contributed by atoms with Crippen molar-refractivity contribution in [3.63, 3.8) is 0 Å². The molecule has 2 heteroatoms. The summed E-state index contributed by atoms with van der Waals surface area (Å²) in [7, 11) is 0. The van der Waals surface area contributed by atoms with Crippen molar-refractivity contribution in [2.24, 2.45) is 0 Å². The van der Waals surface area contributed by atoms with Crippen LogP contribution in [0.3, 0.4) is 0 Å². The highest BCUT2D eigenvalue weighted by Crippen LogP contribution is 2.27. The van der Waals surface area contributed by atoms with Gasteiger partial charge in [0.25, 0.3) is 0 Å². The molecule has 0 bridgehead atoms. The van der Waals surface area contributed by atoms with Gasteiger partial charge in [-0.15, -0.1) is 0 Å². The molecule has 4 rings (SSSR count). The molecule has 2 aromatic carbocycles. The average Bonchev–Trinajstić information content (AvgIpc) is 3.04. The lowest BCUT2D eigenvalue weighted by molar-refractivity contribution is 1.10. The van der Waals surface area contributed by atoms with E-state index in [4.69, 9.17) is 0 Å². The predicted molar refractivity (Wildman–Crippen MR) is 74.3 cm³/mol. The molecule has 0 amide bonds. The molecule has 0 fully saturated rings. The molecule has 0 aliphatic carbocycles. The van der Waals surface area contributed by atoms with Crippen molar-refractivity contribution in [3.8, 4) is 5.69 Å². The van der Waals surface area contributed by atoms with Gasteiger partial charge in [0.15, 0.2) is 0 Å². The zero-order chi connectivity index (χ0) is 11.9. The number of fused-ring (bicyclic) bond motifs is 2. The van der Waals surface area contributed by atoms with Gasteiger partial charge < -0.3 is 9.88 Å². The van der Waals surface area contributed by atoms with Crippen LogP contribution in [0.4, 0.5) is 5.69 Å². The number of nitrogens with one attached hydrogen (secondary N) is 1. The maximum absolute atomic E-state index is 3.43. The van der Waals surface area contributed by atoms with Gasteiger partial charge in [-0.3, -0.25) is 0 Å². The van der Waals surface area contributed by atoms with E-state index in [0.717, 1.165) is 13.0 Å². The van der Waals surface area contributed by atoms with Crippen LogP contribution in [-0.4, -0.2) is 11.1 Å². The highest BCUT2D eigenvalue weighted by Gasteiger charge is 2.11. The van der Waals surface area contributed by atoms with Crippen molar-refractivity contribution in [2.45, 2.75) is 6.42 Å². The summed E-state index contributed by atoms with van der Waals surface area (Å²) in [5.41, 5.74) is 5.14. The Balaban J connectivity index is 1.92. The van der Waals surface area contributed by atoms with Crippen LogP contribution in [0.25, 0.3) is 16.6 Å². The molecule has 18 heavy (non-hydrogen) atoms. The van der Waals surface area contributed by atoms with Gasteiger partial charge in [-0.05, 0) is 48.4 Å². The van der Waals surface area contributed by atoms with Crippen LogP contribution < -0.4 is 5.32 Å². The average molecular weight is 233 g/mol. The fourth-order valence-electron chi connectivity index (χ4n) is 2.68. The quantitative estimate of drug-likeness (QED) is 0.681. The number of hydrogen-bond donors (Lipinski definition) is 1. The summed E-state index contributed by atoms with van der Waals surface area (Å²) in [5.74, 6) is 0. The van der Waals surface area contributed by atoms with Gasteiger partial charge in [0.05, 0.1) is 5.52 Å². The number of anilines is 1. The lowest BCUT2D eigenvalue weighted by Gasteiger charge is -2.08. The van der Waals surface area contributed by atoms with E-state index < -0.39 is 0 Å². The second-order valence-electron chi connectivity index (χ2n) is 4.69. The van der Waals surface area contributed by atoms with E-state index in [-0.39, 0.29) is 0 Å². The molecule has 1 aromatic heterocycles. The normalized spacial score (nSPS) is 13.6. The van der Waals surface area contributed by atoms with E-state index in [0.29, 0.717) is 0 Å². The Morgan fingerprint density at radius 2 is 2.17 bits per heavy atom. The Labute approximate surface area is 106 Å². The fraction of sp³-hybridized carbons (Fsp3) is 0.125. The zero-order valence-corrected chi connectivity index (χ0v) is 9.98. The molecule has 2 nitrogen and oxygen atoms in total. The van der Waals surface area contributed by atoms with Gasteiger partial charge in [-0.25, -0.2) is 0 Å². The largest absolute Gasteiger partial charge is 0.384 e. The van der Waals surface area contributed by atoms with Crippen molar-refractivity contribution in [1.82, 2.24) is 4.57 Å². The lowest BCUT2D eigenvalue weighted by Crippen LogP contribution is -1.94. The molecular weight excluding hydrogens is 220 g/mol. The predicted octanol–water partition coefficient (Wildman–Crippen LogP) is 3.40. The third-order valence-corrected chi connectivity index (χ3v) is 3.62. The minimum Gasteiger partial charge on any atom is -0.384 e. The summed E-state index contributed by atoms with van der Waals surface area (Å²) >= 11 is 0. The zero-order valence-electron chi connectivity index (χ0n) is 9.98. The Hall–Kier alpha value is -2.22. The molecule has 1 radical (unpaired) electrons. The van der Waals surface area contributed by atoms with Crippen LogP contribution in [0, 0.1) is 6.07 Å². The molecule has 0 saturated heterocycles. The van der Waals surface area contributed by atoms with E-state index in [9.17, 15) is 0 Å². The molecule has 0 atom stereocenters. The van der Waals surface area contributed by atoms with Crippen LogP contribution in [-0.2, 0) is 6.42 Å². The van der Waals surface area contributed by atoms with E-state index in [1.165, 1.54) is 27.8 Å². The van der Waals surface area contributed by atoms with Crippen LogP contribution in [0.5, 0.6) is 0 Å². The van der Waals surface area contributed by atoms with Crippen LogP contribution in [0.2, 0.25) is 0 Å². The third kappa shape index (κ3) is 1.35. The monoisotopic (exact) mass is 233 g/mol. The molecule has 0 saturated carbocycles. The summed E-state index contributed by atoms with van der Waals surface area (Å²) < 4.78 is 2.23. The summed E-state index contributed by atoms with van der Waals surface area (Å²) in [5, 5.41) is 4.66. The van der Waals surface area contributed by atoms with Gasteiger partial charge in [-0.1, -0.05) is 12.1 Å². The third-order valence-electron chi connectivity index (χ3n) is 3.62.